The molecule has 0 heterocycles. The normalized spacial score (nSPS) is 12.0. The Bertz CT molecular complexity index is 376. The molecule has 94 valence electrons. The second kappa shape index (κ2) is 6.28. The quantitative estimate of drug-likeness (QED) is 0.580. The van der Waals surface area contributed by atoms with Crippen molar-refractivity contribution in [1.29, 1.82) is 0 Å². The number of carbonyl (C=O) groups is 1. The maximum atomic E-state index is 11.1. The van der Waals surface area contributed by atoms with Crippen LogP contribution in [-0.2, 0) is 9.53 Å². The molecule has 1 unspecified atom stereocenters. The Morgan fingerprint density at radius 3 is 2.59 bits per heavy atom. The summed E-state index contributed by atoms with van der Waals surface area (Å²) >= 11 is 0. The first-order valence-electron chi connectivity index (χ1n) is 6.09. The zero-order valence-electron chi connectivity index (χ0n) is 11.1. The van der Waals surface area contributed by atoms with E-state index in [1.54, 1.807) is 0 Å². The van der Waals surface area contributed by atoms with Gasteiger partial charge in [-0.1, -0.05) is 19.1 Å². The molecule has 1 aromatic rings. The van der Waals surface area contributed by atoms with Gasteiger partial charge in [-0.2, -0.15) is 0 Å². The van der Waals surface area contributed by atoms with Gasteiger partial charge in [0.15, 0.2) is 6.23 Å². The number of carbonyl (C=O) groups excluding carboxylic acids is 1. The van der Waals surface area contributed by atoms with E-state index in [9.17, 15) is 4.79 Å². The highest BCUT2D eigenvalue weighted by molar-refractivity contribution is 5.66. The summed E-state index contributed by atoms with van der Waals surface area (Å²) in [5.41, 5.74) is 2.30. The summed E-state index contributed by atoms with van der Waals surface area (Å²) in [6, 6.07) is 8.23. The van der Waals surface area contributed by atoms with Gasteiger partial charge in [0.2, 0.25) is 0 Å². The second-order valence-corrected chi connectivity index (χ2v) is 4.10. The second-order valence-electron chi connectivity index (χ2n) is 4.10. The SMILES string of the molecule is CCC(OC(C)=O)N(CC)c1cccc(C)c1. The van der Waals surface area contributed by atoms with E-state index in [0.717, 1.165) is 18.7 Å². The van der Waals surface area contributed by atoms with Crippen molar-refractivity contribution in [2.45, 2.75) is 40.3 Å². The number of anilines is 1. The first kappa shape index (κ1) is 13.6. The van der Waals surface area contributed by atoms with Crippen LogP contribution >= 0.6 is 0 Å². The van der Waals surface area contributed by atoms with Crippen LogP contribution < -0.4 is 4.90 Å². The predicted molar refractivity (Wildman–Crippen MR) is 70.0 cm³/mol. The zero-order valence-corrected chi connectivity index (χ0v) is 11.1. The van der Waals surface area contributed by atoms with Crippen LogP contribution in [0.5, 0.6) is 0 Å². The minimum Gasteiger partial charge on any atom is -0.442 e. The van der Waals surface area contributed by atoms with E-state index >= 15 is 0 Å². The fraction of sp³-hybridized carbons (Fsp3) is 0.500. The van der Waals surface area contributed by atoms with E-state index in [1.165, 1.54) is 12.5 Å². The molecule has 0 spiro atoms. The molecule has 0 saturated heterocycles. The first-order valence-corrected chi connectivity index (χ1v) is 6.09. The van der Waals surface area contributed by atoms with E-state index in [2.05, 4.69) is 30.9 Å². The van der Waals surface area contributed by atoms with E-state index in [4.69, 9.17) is 4.74 Å². The Kier molecular flexibility index (Phi) is 5.01. The lowest BCUT2D eigenvalue weighted by molar-refractivity contribution is -0.146. The summed E-state index contributed by atoms with van der Waals surface area (Å²) in [7, 11) is 0. The molecule has 0 bridgehead atoms. The van der Waals surface area contributed by atoms with Crippen LogP contribution in [0, 0.1) is 6.92 Å². The summed E-state index contributed by atoms with van der Waals surface area (Å²) in [5.74, 6) is -0.233. The summed E-state index contributed by atoms with van der Waals surface area (Å²) in [5, 5.41) is 0. The maximum Gasteiger partial charge on any atom is 0.304 e. The lowest BCUT2D eigenvalue weighted by Gasteiger charge is -2.31. The molecule has 0 amide bonds. The third-order valence-corrected chi connectivity index (χ3v) is 2.67. The smallest absolute Gasteiger partial charge is 0.304 e. The molecule has 0 aliphatic carbocycles. The molecule has 1 rings (SSSR count). The lowest BCUT2D eigenvalue weighted by Crippen LogP contribution is -2.38. The van der Waals surface area contributed by atoms with Gasteiger partial charge in [0, 0.05) is 25.6 Å². The van der Waals surface area contributed by atoms with Crippen molar-refractivity contribution in [3.63, 3.8) is 0 Å². The van der Waals surface area contributed by atoms with Crippen molar-refractivity contribution in [3.05, 3.63) is 29.8 Å². The van der Waals surface area contributed by atoms with Crippen LogP contribution in [0.4, 0.5) is 5.69 Å². The molecular weight excluding hydrogens is 214 g/mol. The lowest BCUT2D eigenvalue weighted by atomic mass is 10.2. The van der Waals surface area contributed by atoms with Gasteiger partial charge in [-0.15, -0.1) is 0 Å². The third kappa shape index (κ3) is 3.77. The molecule has 0 N–H and O–H groups in total. The van der Waals surface area contributed by atoms with Crippen LogP contribution in [0.1, 0.15) is 32.8 Å². The van der Waals surface area contributed by atoms with Gasteiger partial charge in [-0.3, -0.25) is 4.79 Å². The highest BCUT2D eigenvalue weighted by Crippen LogP contribution is 2.20. The van der Waals surface area contributed by atoms with Crippen molar-refractivity contribution in [2.75, 3.05) is 11.4 Å². The zero-order chi connectivity index (χ0) is 12.8. The molecule has 0 radical (unpaired) electrons. The largest absolute Gasteiger partial charge is 0.442 e. The standard InChI is InChI=1S/C14H21NO2/c1-5-14(17-12(4)16)15(6-2)13-9-7-8-11(3)10-13/h7-10,14H,5-6H2,1-4H3. The summed E-state index contributed by atoms with van der Waals surface area (Å²) in [4.78, 5) is 13.2. The van der Waals surface area contributed by atoms with Crippen LogP contribution in [0.15, 0.2) is 24.3 Å². The highest BCUT2D eigenvalue weighted by atomic mass is 16.6. The average molecular weight is 235 g/mol. The third-order valence-electron chi connectivity index (χ3n) is 2.67. The molecule has 1 aromatic carbocycles. The van der Waals surface area contributed by atoms with E-state index in [0.29, 0.717) is 0 Å². The molecule has 0 aliphatic rings. The number of hydrogen-bond acceptors (Lipinski definition) is 3. The number of esters is 1. The highest BCUT2D eigenvalue weighted by Gasteiger charge is 2.18. The fourth-order valence-corrected chi connectivity index (χ4v) is 1.92. The fourth-order valence-electron chi connectivity index (χ4n) is 1.92. The number of rotatable bonds is 5. The topological polar surface area (TPSA) is 29.5 Å². The van der Waals surface area contributed by atoms with Crippen LogP contribution in [0.3, 0.4) is 0 Å². The van der Waals surface area contributed by atoms with Gasteiger partial charge in [0.1, 0.15) is 0 Å². The van der Waals surface area contributed by atoms with Gasteiger partial charge >= 0.3 is 5.97 Å². The van der Waals surface area contributed by atoms with Crippen molar-refractivity contribution >= 4 is 11.7 Å². The Balaban J connectivity index is 2.92. The van der Waals surface area contributed by atoms with Gasteiger partial charge in [-0.25, -0.2) is 0 Å². The van der Waals surface area contributed by atoms with Gasteiger partial charge in [0.05, 0.1) is 0 Å². The van der Waals surface area contributed by atoms with Gasteiger partial charge in [-0.05, 0) is 31.5 Å². The summed E-state index contributed by atoms with van der Waals surface area (Å²) in [6.45, 7) is 8.41. The number of ether oxygens (including phenoxy) is 1. The number of hydrogen-bond donors (Lipinski definition) is 0. The molecule has 3 nitrogen and oxygen atoms in total. The minimum absolute atomic E-state index is 0.181. The minimum atomic E-state index is -0.233. The Hall–Kier alpha value is -1.51. The molecule has 3 heteroatoms. The van der Waals surface area contributed by atoms with E-state index < -0.39 is 0 Å². The monoisotopic (exact) mass is 235 g/mol. The van der Waals surface area contributed by atoms with Gasteiger partial charge in [0.25, 0.3) is 0 Å². The number of nitrogens with zero attached hydrogens (tertiary/aromatic N) is 1. The van der Waals surface area contributed by atoms with E-state index in [-0.39, 0.29) is 12.2 Å². The molecule has 17 heavy (non-hydrogen) atoms. The predicted octanol–water partition coefficient (Wildman–Crippen LogP) is 3.12. The Morgan fingerprint density at radius 2 is 2.12 bits per heavy atom. The van der Waals surface area contributed by atoms with Crippen molar-refractivity contribution in [1.82, 2.24) is 0 Å². The van der Waals surface area contributed by atoms with Crippen LogP contribution in [-0.4, -0.2) is 18.7 Å². The van der Waals surface area contributed by atoms with Gasteiger partial charge < -0.3 is 9.64 Å². The molecule has 0 aromatic heterocycles. The molecule has 0 saturated carbocycles. The van der Waals surface area contributed by atoms with Crippen molar-refractivity contribution < 1.29 is 9.53 Å². The summed E-state index contributed by atoms with van der Waals surface area (Å²) < 4.78 is 5.33. The Morgan fingerprint density at radius 1 is 1.41 bits per heavy atom. The molecule has 0 aliphatic heterocycles. The van der Waals surface area contributed by atoms with Crippen LogP contribution in [0.25, 0.3) is 0 Å². The van der Waals surface area contributed by atoms with Crippen LogP contribution in [0.2, 0.25) is 0 Å². The number of aryl methyl sites for hydroxylation is 1. The maximum absolute atomic E-state index is 11.1. The first-order chi connectivity index (χ1) is 8.08. The van der Waals surface area contributed by atoms with E-state index in [1.807, 2.05) is 19.1 Å². The Labute approximate surface area is 103 Å². The average Bonchev–Trinajstić information content (AvgIpc) is 2.28. The molecule has 1 atom stereocenters. The number of benzene rings is 1. The van der Waals surface area contributed by atoms with Crippen molar-refractivity contribution in [3.8, 4) is 0 Å². The van der Waals surface area contributed by atoms with Crippen molar-refractivity contribution in [2.24, 2.45) is 0 Å². The molecule has 0 fully saturated rings. The summed E-state index contributed by atoms with van der Waals surface area (Å²) in [6.07, 6.45) is 0.598. The molecular formula is C14H21NO2.